The number of benzene rings is 1. The van der Waals surface area contributed by atoms with Crippen LogP contribution in [0.15, 0.2) is 30.6 Å². The van der Waals surface area contributed by atoms with Crippen molar-refractivity contribution < 1.29 is 0 Å². The van der Waals surface area contributed by atoms with Crippen LogP contribution in [0, 0.1) is 0 Å². The first-order valence-electron chi connectivity index (χ1n) is 6.08. The molecule has 0 saturated heterocycles. The minimum atomic E-state index is 0.365. The van der Waals surface area contributed by atoms with Crippen LogP contribution in [0.3, 0.4) is 0 Å². The lowest BCUT2D eigenvalue weighted by atomic mass is 10.2. The number of nitrogens with zero attached hydrogens (tertiary/aromatic N) is 5. The molecule has 0 atom stereocenters. The molecular weight excluding hydrogens is 256 g/mol. The van der Waals surface area contributed by atoms with Crippen molar-refractivity contribution in [1.29, 1.82) is 0 Å². The Kier molecular flexibility index (Phi) is 3.13. The summed E-state index contributed by atoms with van der Waals surface area (Å²) in [7, 11) is 1.89. The number of nitrogens with two attached hydrogens (primary N) is 1. The van der Waals surface area contributed by atoms with Crippen LogP contribution in [0.1, 0.15) is 5.82 Å². The molecular formula is C12H14N8. The van der Waals surface area contributed by atoms with E-state index in [0.717, 1.165) is 16.7 Å². The van der Waals surface area contributed by atoms with Crippen molar-refractivity contribution in [1.82, 2.24) is 24.7 Å². The van der Waals surface area contributed by atoms with Gasteiger partial charge in [0, 0.05) is 12.4 Å². The van der Waals surface area contributed by atoms with E-state index in [0.29, 0.717) is 18.3 Å². The Bertz CT molecular complexity index is 735. The standard InChI is InChI=1S/C12H14N8/c1-20-7-15-19-10(20)6-14-11-8-4-2-3-5-9(8)16-12(17-11)18-13/h2-5,7H,6,13H2,1H3,(H2,14,16,17,18). The summed E-state index contributed by atoms with van der Waals surface area (Å²) in [5.41, 5.74) is 3.28. The second kappa shape index (κ2) is 5.10. The number of rotatable bonds is 4. The normalized spacial score (nSPS) is 10.7. The Morgan fingerprint density at radius 2 is 2.10 bits per heavy atom. The lowest BCUT2D eigenvalue weighted by Gasteiger charge is -2.10. The maximum absolute atomic E-state index is 5.40. The lowest BCUT2D eigenvalue weighted by Crippen LogP contribution is -2.13. The molecule has 0 spiro atoms. The monoisotopic (exact) mass is 270 g/mol. The molecule has 0 aliphatic rings. The second-order valence-corrected chi connectivity index (χ2v) is 4.27. The van der Waals surface area contributed by atoms with Crippen LogP contribution in [-0.4, -0.2) is 24.7 Å². The molecule has 0 bridgehead atoms. The molecule has 0 unspecified atom stereocenters. The Hall–Kier alpha value is -2.74. The number of hydrogen-bond acceptors (Lipinski definition) is 7. The highest BCUT2D eigenvalue weighted by Gasteiger charge is 2.08. The number of fused-ring (bicyclic) bond motifs is 1. The number of aryl methyl sites for hydroxylation is 1. The van der Waals surface area contributed by atoms with Gasteiger partial charge in [-0.1, -0.05) is 12.1 Å². The van der Waals surface area contributed by atoms with Gasteiger partial charge in [0.25, 0.3) is 0 Å². The van der Waals surface area contributed by atoms with Crippen molar-refractivity contribution >= 4 is 22.7 Å². The molecule has 102 valence electrons. The summed E-state index contributed by atoms with van der Waals surface area (Å²) in [6.45, 7) is 0.515. The lowest BCUT2D eigenvalue weighted by molar-refractivity contribution is 0.810. The fourth-order valence-corrected chi connectivity index (χ4v) is 1.91. The summed E-state index contributed by atoms with van der Waals surface area (Å²) < 4.78 is 1.85. The van der Waals surface area contributed by atoms with E-state index in [4.69, 9.17) is 5.84 Å². The molecule has 20 heavy (non-hydrogen) atoms. The molecule has 4 N–H and O–H groups in total. The van der Waals surface area contributed by atoms with Gasteiger partial charge in [-0.25, -0.2) is 10.8 Å². The van der Waals surface area contributed by atoms with Crippen molar-refractivity contribution in [3.05, 3.63) is 36.4 Å². The average molecular weight is 270 g/mol. The maximum Gasteiger partial charge on any atom is 0.239 e. The van der Waals surface area contributed by atoms with Gasteiger partial charge >= 0.3 is 0 Å². The van der Waals surface area contributed by atoms with Crippen LogP contribution in [0.4, 0.5) is 11.8 Å². The Morgan fingerprint density at radius 1 is 1.25 bits per heavy atom. The van der Waals surface area contributed by atoms with Crippen LogP contribution >= 0.6 is 0 Å². The molecule has 0 aliphatic heterocycles. The van der Waals surface area contributed by atoms with E-state index in [1.54, 1.807) is 6.33 Å². The first-order chi connectivity index (χ1) is 9.78. The van der Waals surface area contributed by atoms with Gasteiger partial charge in [-0.05, 0) is 12.1 Å². The highest BCUT2D eigenvalue weighted by Crippen LogP contribution is 2.21. The summed E-state index contributed by atoms with van der Waals surface area (Å²) in [4.78, 5) is 8.63. The molecule has 0 radical (unpaired) electrons. The topological polar surface area (TPSA) is 107 Å². The summed E-state index contributed by atoms with van der Waals surface area (Å²) in [5.74, 6) is 7.28. The molecule has 8 nitrogen and oxygen atoms in total. The number of hydrogen-bond donors (Lipinski definition) is 3. The van der Waals surface area contributed by atoms with E-state index in [1.807, 2.05) is 35.9 Å². The van der Waals surface area contributed by atoms with Crippen molar-refractivity contribution in [3.63, 3.8) is 0 Å². The molecule has 8 heteroatoms. The van der Waals surface area contributed by atoms with E-state index in [2.05, 4.69) is 30.9 Å². The molecule has 0 fully saturated rings. The number of nitrogen functional groups attached to an aromatic ring is 1. The fraction of sp³-hybridized carbons (Fsp3) is 0.167. The van der Waals surface area contributed by atoms with Gasteiger partial charge in [-0.2, -0.15) is 4.98 Å². The number of hydrazine groups is 1. The SMILES string of the molecule is Cn1cnnc1CNc1nc(NN)nc2ccccc12. The van der Waals surface area contributed by atoms with Crippen LogP contribution in [-0.2, 0) is 13.6 Å². The second-order valence-electron chi connectivity index (χ2n) is 4.27. The molecule has 2 aromatic heterocycles. The summed E-state index contributed by atoms with van der Waals surface area (Å²) in [5, 5.41) is 12.0. The fourth-order valence-electron chi connectivity index (χ4n) is 1.91. The average Bonchev–Trinajstić information content (AvgIpc) is 2.89. The van der Waals surface area contributed by atoms with Gasteiger partial charge in [0.15, 0.2) is 5.82 Å². The van der Waals surface area contributed by atoms with Gasteiger partial charge in [0.05, 0.1) is 12.1 Å². The quantitative estimate of drug-likeness (QED) is 0.472. The summed E-state index contributed by atoms with van der Waals surface area (Å²) in [6.07, 6.45) is 1.65. The summed E-state index contributed by atoms with van der Waals surface area (Å²) in [6, 6.07) is 7.72. The minimum absolute atomic E-state index is 0.365. The van der Waals surface area contributed by atoms with Gasteiger partial charge in [-0.3, -0.25) is 5.43 Å². The minimum Gasteiger partial charge on any atom is -0.362 e. The number of anilines is 2. The van der Waals surface area contributed by atoms with Gasteiger partial charge in [0.1, 0.15) is 12.1 Å². The maximum atomic E-state index is 5.40. The zero-order chi connectivity index (χ0) is 13.9. The summed E-state index contributed by atoms with van der Waals surface area (Å²) >= 11 is 0. The van der Waals surface area contributed by atoms with E-state index < -0.39 is 0 Å². The van der Waals surface area contributed by atoms with E-state index in [1.165, 1.54) is 0 Å². The van der Waals surface area contributed by atoms with Crippen molar-refractivity contribution in [3.8, 4) is 0 Å². The molecule has 0 aliphatic carbocycles. The van der Waals surface area contributed by atoms with Crippen LogP contribution < -0.4 is 16.6 Å². The highest BCUT2D eigenvalue weighted by molar-refractivity contribution is 5.89. The van der Waals surface area contributed by atoms with Crippen LogP contribution in [0.25, 0.3) is 10.9 Å². The van der Waals surface area contributed by atoms with Gasteiger partial charge < -0.3 is 9.88 Å². The smallest absolute Gasteiger partial charge is 0.239 e. The highest BCUT2D eigenvalue weighted by atomic mass is 15.3. The Morgan fingerprint density at radius 3 is 2.85 bits per heavy atom. The number of nitrogens with one attached hydrogen (secondary N) is 2. The first-order valence-corrected chi connectivity index (χ1v) is 6.08. The van der Waals surface area contributed by atoms with Gasteiger partial charge in [0.2, 0.25) is 5.95 Å². The van der Waals surface area contributed by atoms with Gasteiger partial charge in [-0.15, -0.1) is 10.2 Å². The number of aromatic nitrogens is 5. The van der Waals surface area contributed by atoms with Crippen molar-refractivity contribution in [2.75, 3.05) is 10.7 Å². The zero-order valence-corrected chi connectivity index (χ0v) is 10.9. The predicted molar refractivity (Wildman–Crippen MR) is 75.7 cm³/mol. The molecule has 2 heterocycles. The van der Waals surface area contributed by atoms with E-state index in [-0.39, 0.29) is 0 Å². The van der Waals surface area contributed by atoms with Crippen molar-refractivity contribution in [2.24, 2.45) is 12.9 Å². The van der Waals surface area contributed by atoms with E-state index >= 15 is 0 Å². The van der Waals surface area contributed by atoms with E-state index in [9.17, 15) is 0 Å². The molecule has 0 saturated carbocycles. The third-order valence-corrected chi connectivity index (χ3v) is 2.95. The van der Waals surface area contributed by atoms with Crippen molar-refractivity contribution in [2.45, 2.75) is 6.54 Å². The largest absolute Gasteiger partial charge is 0.362 e. The molecule has 3 aromatic rings. The Labute approximate surface area is 115 Å². The Balaban J connectivity index is 1.95. The van der Waals surface area contributed by atoms with Crippen LogP contribution in [0.5, 0.6) is 0 Å². The van der Waals surface area contributed by atoms with Crippen LogP contribution in [0.2, 0.25) is 0 Å². The molecule has 3 rings (SSSR count). The third-order valence-electron chi connectivity index (χ3n) is 2.95. The number of para-hydroxylation sites is 1. The third kappa shape index (κ3) is 2.24. The first kappa shape index (κ1) is 12.3. The zero-order valence-electron chi connectivity index (χ0n) is 10.9. The predicted octanol–water partition coefficient (Wildman–Crippen LogP) is 0.656. The molecule has 1 aromatic carbocycles. The molecule has 0 amide bonds.